The fourth-order valence-corrected chi connectivity index (χ4v) is 39.1. The Morgan fingerprint density at radius 3 is 0.694 bits per heavy atom. The molecular formula is C37H32Cl6O2Si4. The van der Waals surface area contributed by atoms with Crippen molar-refractivity contribution in [1.29, 1.82) is 0 Å². The lowest BCUT2D eigenvalue weighted by Crippen LogP contribution is -2.90. The van der Waals surface area contributed by atoms with Gasteiger partial charge in [0.05, 0.1) is 0 Å². The molecule has 0 fully saturated rings. The maximum absolute atomic E-state index is 7.60. The van der Waals surface area contributed by atoms with Gasteiger partial charge in [0.1, 0.15) is 11.5 Å². The van der Waals surface area contributed by atoms with Crippen molar-refractivity contribution >= 4 is 115 Å². The van der Waals surface area contributed by atoms with Crippen molar-refractivity contribution in [2.75, 3.05) is 0 Å². The Morgan fingerprint density at radius 2 is 0.510 bits per heavy atom. The molecule has 2 nitrogen and oxygen atoms in total. The number of halogens is 6. The van der Waals surface area contributed by atoms with Crippen LogP contribution in [-0.2, 0) is 0 Å². The van der Waals surface area contributed by atoms with Crippen LogP contribution < -0.4 is 29.6 Å². The van der Waals surface area contributed by atoms with Crippen molar-refractivity contribution in [2.24, 2.45) is 0 Å². The zero-order valence-electron chi connectivity index (χ0n) is 26.1. The summed E-state index contributed by atoms with van der Waals surface area (Å²) in [6, 6.07) is 58.1. The summed E-state index contributed by atoms with van der Waals surface area (Å²) in [4.78, 5) is 0. The fraction of sp³-hybridized carbons (Fsp3) is 0.0270. The first-order chi connectivity index (χ1) is 23.5. The van der Waals surface area contributed by atoms with E-state index in [-0.39, 0.29) is 5.67 Å². The molecule has 0 N–H and O–H groups in total. The van der Waals surface area contributed by atoms with Crippen molar-refractivity contribution in [3.8, 4) is 11.5 Å². The van der Waals surface area contributed by atoms with E-state index in [0.29, 0.717) is 0 Å². The van der Waals surface area contributed by atoms with Crippen molar-refractivity contribution in [2.45, 2.75) is 5.67 Å². The Bertz CT molecular complexity index is 1630. The summed E-state index contributed by atoms with van der Waals surface area (Å²) in [7, 11) is -6.63. The van der Waals surface area contributed by atoms with E-state index in [1.54, 1.807) is 0 Å². The second kappa shape index (κ2) is 17.2. The lowest BCUT2D eigenvalue weighted by atomic mass is 10.3. The maximum Gasteiger partial charge on any atom is 0.352 e. The van der Waals surface area contributed by atoms with E-state index in [1.165, 1.54) is 20.7 Å². The highest BCUT2D eigenvalue weighted by Crippen LogP contribution is 2.36. The molecule has 0 aromatic heterocycles. The summed E-state index contributed by atoms with van der Waals surface area (Å²) in [6.45, 7) is 0. The molecule has 0 aliphatic heterocycles. The fourth-order valence-electron chi connectivity index (χ4n) is 5.78. The van der Waals surface area contributed by atoms with E-state index in [2.05, 4.69) is 146 Å². The van der Waals surface area contributed by atoms with Crippen molar-refractivity contribution in [1.82, 2.24) is 0 Å². The number of benzene rings is 6. The second-order valence-corrected chi connectivity index (χ2v) is 39.7. The van der Waals surface area contributed by atoms with E-state index in [9.17, 15) is 0 Å². The molecule has 0 aliphatic carbocycles. The molecule has 6 aromatic carbocycles. The molecule has 0 radical (unpaired) electrons. The lowest BCUT2D eigenvalue weighted by molar-refractivity contribution is 0.541. The van der Waals surface area contributed by atoms with Crippen LogP contribution in [0.3, 0.4) is 0 Å². The Kier molecular flexibility index (Phi) is 13.2. The topological polar surface area (TPSA) is 18.5 Å². The van der Waals surface area contributed by atoms with Gasteiger partial charge in [-0.05, 0) is 45.0 Å². The SMILES string of the molecule is Cl[Si](Cl)(Cl)C[Si](Cl)(Cl)Cl.c1ccc(O[Si](c2ccccc2)(c2ccccc2)[Si](Oc2ccccc2)(c2ccccc2)c2ccccc2)cc1. The van der Waals surface area contributed by atoms with Crippen LogP contribution in [-0.4, -0.2) is 27.7 Å². The third-order valence-corrected chi connectivity index (χ3v) is 31.8. The first kappa shape index (κ1) is 37.8. The van der Waals surface area contributed by atoms with Crippen molar-refractivity contribution < 1.29 is 8.85 Å². The Morgan fingerprint density at radius 1 is 0.306 bits per heavy atom. The quantitative estimate of drug-likeness (QED) is 0.0958. The molecule has 0 heterocycles. The molecule has 0 spiro atoms. The van der Waals surface area contributed by atoms with Gasteiger partial charge in [-0.3, -0.25) is 0 Å². The van der Waals surface area contributed by atoms with Crippen LogP contribution in [0.25, 0.3) is 0 Å². The molecule has 250 valence electrons. The first-order valence-electron chi connectivity index (χ1n) is 15.4. The summed E-state index contributed by atoms with van der Waals surface area (Å²) in [6.07, 6.45) is 0. The highest BCUT2D eigenvalue weighted by atomic mass is 35.8. The van der Waals surface area contributed by atoms with Gasteiger partial charge in [0.2, 0.25) is 0 Å². The average Bonchev–Trinajstić information content (AvgIpc) is 3.11. The van der Waals surface area contributed by atoms with Crippen LogP contribution in [0.4, 0.5) is 0 Å². The normalized spacial score (nSPS) is 12.0. The molecular weight excluding hydrogens is 801 g/mol. The predicted octanol–water partition coefficient (Wildman–Crippen LogP) is 9.58. The lowest BCUT2D eigenvalue weighted by Gasteiger charge is -2.46. The number of rotatable bonds is 11. The summed E-state index contributed by atoms with van der Waals surface area (Å²) in [5, 5.41) is 4.67. The maximum atomic E-state index is 7.60. The summed E-state index contributed by atoms with van der Waals surface area (Å²) in [5.74, 6) is 1.67. The molecule has 0 saturated carbocycles. The smallest absolute Gasteiger partial charge is 0.352 e. The number of para-hydroxylation sites is 2. The third-order valence-electron chi connectivity index (χ3n) is 7.65. The van der Waals surface area contributed by atoms with Crippen LogP contribution in [0, 0.1) is 0 Å². The Labute approximate surface area is 320 Å². The molecule has 12 heteroatoms. The molecule has 0 unspecified atom stereocenters. The van der Waals surface area contributed by atoms with Crippen LogP contribution in [0.1, 0.15) is 0 Å². The van der Waals surface area contributed by atoms with Gasteiger partial charge in [-0.25, -0.2) is 0 Å². The van der Waals surface area contributed by atoms with Crippen molar-refractivity contribution in [3.05, 3.63) is 182 Å². The van der Waals surface area contributed by atoms with Gasteiger partial charge >= 0.3 is 27.7 Å². The molecule has 0 saturated heterocycles. The molecule has 0 atom stereocenters. The van der Waals surface area contributed by atoms with Gasteiger partial charge in [-0.15, -0.1) is 66.5 Å². The molecule has 0 amide bonds. The zero-order chi connectivity index (χ0) is 34.8. The molecule has 6 rings (SSSR count). The van der Waals surface area contributed by atoms with Gasteiger partial charge in [0.25, 0.3) is 0 Å². The van der Waals surface area contributed by atoms with E-state index in [0.717, 1.165) is 11.5 Å². The van der Waals surface area contributed by atoms with Gasteiger partial charge in [0, 0.05) is 5.67 Å². The summed E-state index contributed by atoms with van der Waals surface area (Å²) < 4.78 is 15.2. The predicted molar refractivity (Wildman–Crippen MR) is 221 cm³/mol. The van der Waals surface area contributed by atoms with Crippen molar-refractivity contribution in [3.63, 3.8) is 0 Å². The minimum atomic E-state index is -3.32. The Balaban J connectivity index is 0.000000459. The molecule has 0 aliphatic rings. The highest BCUT2D eigenvalue weighted by molar-refractivity contribution is 7.75. The highest BCUT2D eigenvalue weighted by Gasteiger charge is 2.67. The largest absolute Gasteiger partial charge is 0.533 e. The van der Waals surface area contributed by atoms with E-state index in [4.69, 9.17) is 75.3 Å². The third kappa shape index (κ3) is 9.65. The molecule has 49 heavy (non-hydrogen) atoms. The monoisotopic (exact) mass is 830 g/mol. The van der Waals surface area contributed by atoms with Crippen LogP contribution in [0.15, 0.2) is 182 Å². The Hall–Kier alpha value is -2.47. The number of hydrogen-bond acceptors (Lipinski definition) is 2. The zero-order valence-corrected chi connectivity index (χ0v) is 34.6. The van der Waals surface area contributed by atoms with Gasteiger partial charge < -0.3 is 8.85 Å². The summed E-state index contributed by atoms with van der Waals surface area (Å²) >= 11 is 32.8. The van der Waals surface area contributed by atoms with E-state index < -0.39 is 27.7 Å². The summed E-state index contributed by atoms with van der Waals surface area (Å²) in [5.41, 5.74) is 0.162. The van der Waals surface area contributed by atoms with Gasteiger partial charge in [0.15, 0.2) is 0 Å². The van der Waals surface area contributed by atoms with E-state index in [1.807, 2.05) is 36.4 Å². The van der Waals surface area contributed by atoms with E-state index >= 15 is 0 Å². The average molecular weight is 834 g/mol. The van der Waals surface area contributed by atoms with Crippen LogP contribution in [0.2, 0.25) is 5.67 Å². The standard InChI is InChI=1S/C36H30O2Si2.CH2Cl6Si2/c1-7-19-31(20-8-1)37-39(33-23-11-3-12-24-33,34-25-13-4-14-26-34)40(35-27-15-5-16-28-35,36-29-17-6-18-30-36)38-32-21-9-2-10-22-32;2-8(3,4)1-9(5,6)7/h1-30H;1H2. The van der Waals surface area contributed by atoms with Crippen LogP contribution >= 0.6 is 66.5 Å². The molecule has 6 aromatic rings. The first-order valence-corrected chi connectivity index (χ1v) is 30.7. The second-order valence-electron chi connectivity index (χ2n) is 11.1. The van der Waals surface area contributed by atoms with Gasteiger partial charge in [-0.1, -0.05) is 158 Å². The minimum Gasteiger partial charge on any atom is -0.533 e. The molecule has 0 bridgehead atoms. The number of hydrogen-bond donors (Lipinski definition) is 0. The minimum absolute atomic E-state index is 0.162. The van der Waals surface area contributed by atoms with Crippen LogP contribution in [0.5, 0.6) is 11.5 Å². The van der Waals surface area contributed by atoms with Gasteiger partial charge in [-0.2, -0.15) is 0 Å².